The summed E-state index contributed by atoms with van der Waals surface area (Å²) in [6.07, 6.45) is 0.807. The number of methoxy groups -OCH3 is 1. The molecule has 0 aliphatic heterocycles. The van der Waals surface area contributed by atoms with E-state index in [-0.39, 0.29) is 0 Å². The molecule has 21 heavy (non-hydrogen) atoms. The SMILES string of the molecule is COc1ccc(Br)c(COc2ccc(CCN)cc2Cl)c1. The zero-order chi connectivity index (χ0) is 15.2. The highest BCUT2D eigenvalue weighted by Crippen LogP contribution is 2.28. The number of rotatable bonds is 6. The molecule has 0 aliphatic rings. The molecule has 3 nitrogen and oxygen atoms in total. The molecule has 5 heteroatoms. The van der Waals surface area contributed by atoms with Gasteiger partial charge in [-0.05, 0) is 48.9 Å². The maximum atomic E-state index is 6.23. The van der Waals surface area contributed by atoms with Crippen molar-refractivity contribution in [3.63, 3.8) is 0 Å². The Bertz CT molecular complexity index is 619. The van der Waals surface area contributed by atoms with E-state index in [2.05, 4.69) is 15.9 Å². The molecule has 2 rings (SSSR count). The Kier molecular flexibility index (Phi) is 5.91. The average Bonchev–Trinajstić information content (AvgIpc) is 2.48. The van der Waals surface area contributed by atoms with Gasteiger partial charge in [0.1, 0.15) is 18.1 Å². The fourth-order valence-corrected chi connectivity index (χ4v) is 2.55. The predicted octanol–water partition coefficient (Wildman–Crippen LogP) is 4.19. The summed E-state index contributed by atoms with van der Waals surface area (Å²) in [5, 5.41) is 0.597. The minimum absolute atomic E-state index is 0.410. The van der Waals surface area contributed by atoms with Gasteiger partial charge in [0.05, 0.1) is 12.1 Å². The monoisotopic (exact) mass is 369 g/mol. The maximum absolute atomic E-state index is 6.23. The van der Waals surface area contributed by atoms with Crippen LogP contribution in [0, 0.1) is 0 Å². The molecule has 0 amide bonds. The Hall–Kier alpha value is -1.23. The summed E-state index contributed by atoms with van der Waals surface area (Å²) < 4.78 is 12.0. The van der Waals surface area contributed by atoms with E-state index in [0.29, 0.717) is 23.9 Å². The molecule has 0 saturated heterocycles. The summed E-state index contributed by atoms with van der Waals surface area (Å²) in [6.45, 7) is 1.01. The van der Waals surface area contributed by atoms with Gasteiger partial charge in [-0.1, -0.05) is 33.6 Å². The fraction of sp³-hybridized carbons (Fsp3) is 0.250. The van der Waals surface area contributed by atoms with Crippen LogP contribution >= 0.6 is 27.5 Å². The normalized spacial score (nSPS) is 10.5. The second-order valence-electron chi connectivity index (χ2n) is 4.55. The first-order valence-electron chi connectivity index (χ1n) is 6.57. The molecule has 2 N–H and O–H groups in total. The fourth-order valence-electron chi connectivity index (χ4n) is 1.93. The van der Waals surface area contributed by atoms with E-state index in [1.54, 1.807) is 7.11 Å². The number of hydrogen-bond donors (Lipinski definition) is 1. The molecule has 2 aromatic carbocycles. The Morgan fingerprint density at radius 2 is 2.00 bits per heavy atom. The van der Waals surface area contributed by atoms with Crippen LogP contribution in [0.1, 0.15) is 11.1 Å². The van der Waals surface area contributed by atoms with Gasteiger partial charge in [-0.3, -0.25) is 0 Å². The van der Waals surface area contributed by atoms with Crippen LogP contribution < -0.4 is 15.2 Å². The van der Waals surface area contributed by atoms with Gasteiger partial charge >= 0.3 is 0 Å². The zero-order valence-electron chi connectivity index (χ0n) is 11.7. The molecule has 0 fully saturated rings. The van der Waals surface area contributed by atoms with E-state index in [9.17, 15) is 0 Å². The maximum Gasteiger partial charge on any atom is 0.138 e. The summed E-state index contributed by atoms with van der Waals surface area (Å²) in [6, 6.07) is 11.5. The van der Waals surface area contributed by atoms with Crippen LogP contribution in [-0.4, -0.2) is 13.7 Å². The topological polar surface area (TPSA) is 44.5 Å². The van der Waals surface area contributed by atoms with Gasteiger partial charge in [-0.2, -0.15) is 0 Å². The Morgan fingerprint density at radius 3 is 2.67 bits per heavy atom. The van der Waals surface area contributed by atoms with Crippen LogP contribution in [-0.2, 0) is 13.0 Å². The number of hydrogen-bond acceptors (Lipinski definition) is 3. The van der Waals surface area contributed by atoms with Crippen molar-refractivity contribution in [2.24, 2.45) is 5.73 Å². The predicted molar refractivity (Wildman–Crippen MR) is 89.2 cm³/mol. The summed E-state index contributed by atoms with van der Waals surface area (Å²) >= 11 is 9.73. The van der Waals surface area contributed by atoms with Crippen molar-refractivity contribution < 1.29 is 9.47 Å². The lowest BCUT2D eigenvalue weighted by atomic mass is 10.1. The van der Waals surface area contributed by atoms with Crippen LogP contribution in [0.25, 0.3) is 0 Å². The molecule has 0 spiro atoms. The summed E-state index contributed by atoms with van der Waals surface area (Å²) in [4.78, 5) is 0. The number of halogens is 2. The van der Waals surface area contributed by atoms with Crippen molar-refractivity contribution in [3.8, 4) is 11.5 Å². The van der Waals surface area contributed by atoms with E-state index in [4.69, 9.17) is 26.8 Å². The first-order chi connectivity index (χ1) is 10.1. The van der Waals surface area contributed by atoms with E-state index < -0.39 is 0 Å². The van der Waals surface area contributed by atoms with Crippen LogP contribution in [0.2, 0.25) is 5.02 Å². The zero-order valence-corrected chi connectivity index (χ0v) is 14.1. The molecule has 0 aliphatic carbocycles. The molecule has 2 aromatic rings. The second-order valence-corrected chi connectivity index (χ2v) is 5.81. The molecular formula is C16H17BrClNO2. The molecular weight excluding hydrogens is 354 g/mol. The highest BCUT2D eigenvalue weighted by Gasteiger charge is 2.07. The average molecular weight is 371 g/mol. The third-order valence-electron chi connectivity index (χ3n) is 3.07. The minimum atomic E-state index is 0.410. The van der Waals surface area contributed by atoms with Gasteiger partial charge in [0.2, 0.25) is 0 Å². The molecule has 0 atom stereocenters. The smallest absolute Gasteiger partial charge is 0.138 e. The molecule has 112 valence electrons. The number of ether oxygens (including phenoxy) is 2. The van der Waals surface area contributed by atoms with Crippen LogP contribution in [0.15, 0.2) is 40.9 Å². The van der Waals surface area contributed by atoms with Crippen LogP contribution in [0.5, 0.6) is 11.5 Å². The van der Waals surface area contributed by atoms with Crippen molar-refractivity contribution in [2.75, 3.05) is 13.7 Å². The number of nitrogens with two attached hydrogens (primary N) is 1. The molecule has 0 heterocycles. The summed E-state index contributed by atoms with van der Waals surface area (Å²) in [5.74, 6) is 1.45. The number of benzene rings is 2. The van der Waals surface area contributed by atoms with Crippen molar-refractivity contribution in [3.05, 3.63) is 57.0 Å². The quantitative estimate of drug-likeness (QED) is 0.829. The van der Waals surface area contributed by atoms with Gasteiger partial charge in [0, 0.05) is 10.0 Å². The van der Waals surface area contributed by atoms with Gasteiger partial charge in [-0.15, -0.1) is 0 Å². The Labute approximate surface area is 138 Å². The lowest BCUT2D eigenvalue weighted by Gasteiger charge is -2.11. The summed E-state index contributed by atoms with van der Waals surface area (Å²) in [7, 11) is 1.64. The lowest BCUT2D eigenvalue weighted by molar-refractivity contribution is 0.304. The highest BCUT2D eigenvalue weighted by atomic mass is 79.9. The second kappa shape index (κ2) is 7.69. The lowest BCUT2D eigenvalue weighted by Crippen LogP contribution is -2.03. The van der Waals surface area contributed by atoms with Crippen molar-refractivity contribution in [1.29, 1.82) is 0 Å². The molecule has 0 saturated carbocycles. The van der Waals surface area contributed by atoms with E-state index in [1.165, 1.54) is 0 Å². The van der Waals surface area contributed by atoms with Crippen LogP contribution in [0.4, 0.5) is 0 Å². The third kappa shape index (κ3) is 4.37. The van der Waals surface area contributed by atoms with Gasteiger partial charge in [0.15, 0.2) is 0 Å². The Balaban J connectivity index is 2.09. The van der Waals surface area contributed by atoms with Gasteiger partial charge in [0.25, 0.3) is 0 Å². The molecule has 0 unspecified atom stereocenters. The van der Waals surface area contributed by atoms with Gasteiger partial charge in [-0.25, -0.2) is 0 Å². The molecule has 0 radical (unpaired) electrons. The van der Waals surface area contributed by atoms with Crippen LogP contribution in [0.3, 0.4) is 0 Å². The van der Waals surface area contributed by atoms with Crippen molar-refractivity contribution in [1.82, 2.24) is 0 Å². The highest BCUT2D eigenvalue weighted by molar-refractivity contribution is 9.10. The third-order valence-corrected chi connectivity index (χ3v) is 4.13. The van der Waals surface area contributed by atoms with E-state index in [1.807, 2.05) is 36.4 Å². The largest absolute Gasteiger partial charge is 0.497 e. The van der Waals surface area contributed by atoms with Gasteiger partial charge < -0.3 is 15.2 Å². The van der Waals surface area contributed by atoms with Crippen molar-refractivity contribution >= 4 is 27.5 Å². The van der Waals surface area contributed by atoms with Crippen molar-refractivity contribution in [2.45, 2.75) is 13.0 Å². The minimum Gasteiger partial charge on any atom is -0.497 e. The summed E-state index contributed by atoms with van der Waals surface area (Å²) in [5.41, 5.74) is 7.64. The Morgan fingerprint density at radius 1 is 1.19 bits per heavy atom. The first kappa shape index (κ1) is 16.1. The molecule has 0 aromatic heterocycles. The van der Waals surface area contributed by atoms with E-state index in [0.717, 1.165) is 27.8 Å². The van der Waals surface area contributed by atoms with E-state index >= 15 is 0 Å². The standard InChI is InChI=1S/C16H17BrClNO2/c1-20-13-3-4-14(17)12(9-13)10-21-16-5-2-11(6-7-19)8-15(16)18/h2-5,8-9H,6-7,10,19H2,1H3. The first-order valence-corrected chi connectivity index (χ1v) is 7.75. The molecule has 0 bridgehead atoms.